The van der Waals surface area contributed by atoms with Gasteiger partial charge in [-0.1, -0.05) is 13.8 Å². The molecule has 6 heteroatoms. The molecule has 0 radical (unpaired) electrons. The van der Waals surface area contributed by atoms with Gasteiger partial charge < -0.3 is 15.0 Å². The Hall–Kier alpha value is -1.85. The summed E-state index contributed by atoms with van der Waals surface area (Å²) < 4.78 is 1.60. The first kappa shape index (κ1) is 13.6. The van der Waals surface area contributed by atoms with Crippen LogP contribution in [0.3, 0.4) is 0 Å². The molecule has 19 heavy (non-hydrogen) atoms. The smallest absolute Gasteiger partial charge is 0.311 e. The van der Waals surface area contributed by atoms with E-state index in [1.807, 2.05) is 13.8 Å². The second kappa shape index (κ2) is 5.03. The molecule has 0 spiro atoms. The number of hydrogen-bond acceptors (Lipinski definition) is 4. The van der Waals surface area contributed by atoms with Crippen molar-refractivity contribution in [3.8, 4) is 0 Å². The summed E-state index contributed by atoms with van der Waals surface area (Å²) in [6.45, 7) is 4.95. The fourth-order valence-electron chi connectivity index (χ4n) is 1.98. The van der Waals surface area contributed by atoms with Gasteiger partial charge in [-0.3, -0.25) is 9.59 Å². The average Bonchev–Trinajstić information content (AvgIpc) is 3.11. The zero-order chi connectivity index (χ0) is 14.0. The molecule has 1 aliphatic rings. The Balaban J connectivity index is 2.09. The van der Waals surface area contributed by atoms with Gasteiger partial charge in [-0.25, -0.2) is 4.98 Å². The fourth-order valence-corrected chi connectivity index (χ4v) is 1.98. The maximum atomic E-state index is 12.1. The molecule has 0 amide bonds. The molecular weight excluding hydrogens is 246 g/mol. The van der Waals surface area contributed by atoms with Gasteiger partial charge in [-0.15, -0.1) is 0 Å². The first-order chi connectivity index (χ1) is 8.94. The predicted octanol–water partition coefficient (Wildman–Crippen LogP) is 1.18. The van der Waals surface area contributed by atoms with Crippen LogP contribution in [0.15, 0.2) is 17.2 Å². The number of nitrogens with zero attached hydrogens (tertiary/aromatic N) is 2. The van der Waals surface area contributed by atoms with E-state index in [0.717, 1.165) is 0 Å². The molecule has 104 valence electrons. The molecule has 1 aromatic heterocycles. The molecule has 1 heterocycles. The maximum absolute atomic E-state index is 12.1. The number of rotatable bonds is 6. The zero-order valence-electron chi connectivity index (χ0n) is 11.2. The summed E-state index contributed by atoms with van der Waals surface area (Å²) in [5.41, 5.74) is -0.898. The number of carbonyl (C=O) groups is 1. The number of carboxylic acids is 1. The Morgan fingerprint density at radius 3 is 2.79 bits per heavy atom. The van der Waals surface area contributed by atoms with Crippen molar-refractivity contribution in [1.29, 1.82) is 0 Å². The third-order valence-electron chi connectivity index (χ3n) is 3.38. The minimum atomic E-state index is -0.807. The van der Waals surface area contributed by atoms with Gasteiger partial charge in [0.2, 0.25) is 0 Å². The predicted molar refractivity (Wildman–Crippen MR) is 71.1 cm³/mol. The number of aromatic nitrogens is 2. The van der Waals surface area contributed by atoms with Crippen molar-refractivity contribution in [1.82, 2.24) is 9.55 Å². The number of anilines is 1. The van der Waals surface area contributed by atoms with Gasteiger partial charge in [0.05, 0.1) is 5.41 Å². The van der Waals surface area contributed by atoms with Gasteiger partial charge in [0.1, 0.15) is 0 Å². The van der Waals surface area contributed by atoms with Gasteiger partial charge in [0.15, 0.2) is 5.82 Å². The first-order valence-electron chi connectivity index (χ1n) is 6.47. The van der Waals surface area contributed by atoms with Gasteiger partial charge >= 0.3 is 5.97 Å². The van der Waals surface area contributed by atoms with Crippen molar-refractivity contribution in [3.05, 3.63) is 22.7 Å². The quantitative estimate of drug-likeness (QED) is 0.806. The third-order valence-corrected chi connectivity index (χ3v) is 3.38. The van der Waals surface area contributed by atoms with E-state index in [4.69, 9.17) is 5.11 Å². The van der Waals surface area contributed by atoms with E-state index in [1.54, 1.807) is 17.0 Å². The Labute approximate surface area is 111 Å². The average molecular weight is 265 g/mol. The van der Waals surface area contributed by atoms with Gasteiger partial charge in [-0.05, 0) is 18.8 Å². The largest absolute Gasteiger partial charge is 0.481 e. The highest BCUT2D eigenvalue weighted by molar-refractivity contribution is 5.78. The van der Waals surface area contributed by atoms with Gasteiger partial charge in [-0.2, -0.15) is 0 Å². The molecule has 1 aliphatic carbocycles. The molecule has 0 saturated heterocycles. The number of nitrogens with one attached hydrogen (secondary N) is 1. The summed E-state index contributed by atoms with van der Waals surface area (Å²) in [5.74, 6) is -0.212. The monoisotopic (exact) mass is 265 g/mol. The summed E-state index contributed by atoms with van der Waals surface area (Å²) in [6.07, 6.45) is 4.52. The highest BCUT2D eigenvalue weighted by atomic mass is 16.4. The maximum Gasteiger partial charge on any atom is 0.311 e. The lowest BCUT2D eigenvalue weighted by molar-refractivity contribution is -0.142. The van der Waals surface area contributed by atoms with E-state index in [-0.39, 0.29) is 17.9 Å². The summed E-state index contributed by atoms with van der Waals surface area (Å²) in [4.78, 5) is 27.2. The van der Waals surface area contributed by atoms with Crippen molar-refractivity contribution in [3.63, 3.8) is 0 Å². The molecular formula is C13H19N3O3. The Morgan fingerprint density at radius 2 is 2.26 bits per heavy atom. The van der Waals surface area contributed by atoms with Crippen LogP contribution in [0, 0.1) is 11.3 Å². The molecule has 2 N–H and O–H groups in total. The van der Waals surface area contributed by atoms with Crippen LogP contribution in [0.2, 0.25) is 0 Å². The molecule has 6 nitrogen and oxygen atoms in total. The minimum Gasteiger partial charge on any atom is -0.481 e. The molecule has 0 atom stereocenters. The molecule has 2 rings (SSSR count). The van der Waals surface area contributed by atoms with E-state index < -0.39 is 11.4 Å². The summed E-state index contributed by atoms with van der Waals surface area (Å²) in [6, 6.07) is 0. The molecule has 0 bridgehead atoms. The molecule has 0 unspecified atom stereocenters. The van der Waals surface area contributed by atoms with Crippen molar-refractivity contribution in [2.24, 2.45) is 11.3 Å². The summed E-state index contributed by atoms with van der Waals surface area (Å²) in [7, 11) is 0. The molecule has 0 aliphatic heterocycles. The third kappa shape index (κ3) is 2.94. The fraction of sp³-hybridized carbons (Fsp3) is 0.615. The van der Waals surface area contributed by atoms with E-state index in [9.17, 15) is 9.59 Å². The van der Waals surface area contributed by atoms with Gasteiger partial charge in [0, 0.05) is 25.5 Å². The molecule has 0 aromatic carbocycles. The first-order valence-corrected chi connectivity index (χ1v) is 6.47. The van der Waals surface area contributed by atoms with Crippen LogP contribution in [0.4, 0.5) is 5.82 Å². The highest BCUT2D eigenvalue weighted by Crippen LogP contribution is 2.45. The lowest BCUT2D eigenvalue weighted by Crippen LogP contribution is -2.30. The van der Waals surface area contributed by atoms with Crippen molar-refractivity contribution >= 4 is 11.8 Å². The Bertz CT molecular complexity index is 532. The van der Waals surface area contributed by atoms with Crippen LogP contribution in [-0.4, -0.2) is 27.2 Å². The molecule has 1 saturated carbocycles. The second-order valence-electron chi connectivity index (χ2n) is 5.57. The van der Waals surface area contributed by atoms with Crippen LogP contribution < -0.4 is 10.9 Å². The van der Waals surface area contributed by atoms with E-state index >= 15 is 0 Å². The van der Waals surface area contributed by atoms with E-state index in [0.29, 0.717) is 25.3 Å². The lowest BCUT2D eigenvalue weighted by atomic mass is 10.1. The van der Waals surface area contributed by atoms with Crippen LogP contribution in [0.1, 0.15) is 26.7 Å². The highest BCUT2D eigenvalue weighted by Gasteiger charge is 2.50. The van der Waals surface area contributed by atoms with Crippen LogP contribution in [0.5, 0.6) is 0 Å². The van der Waals surface area contributed by atoms with E-state index in [1.165, 1.54) is 0 Å². The SMILES string of the molecule is CC(C)Cn1ccnc(NCC2(C(=O)O)CC2)c1=O. The normalized spacial score (nSPS) is 16.4. The van der Waals surface area contributed by atoms with Gasteiger partial charge in [0.25, 0.3) is 5.56 Å². The van der Waals surface area contributed by atoms with Crippen LogP contribution in [0.25, 0.3) is 0 Å². The van der Waals surface area contributed by atoms with Crippen molar-refractivity contribution in [2.75, 3.05) is 11.9 Å². The number of hydrogen-bond donors (Lipinski definition) is 2. The van der Waals surface area contributed by atoms with Crippen LogP contribution >= 0.6 is 0 Å². The standard InChI is InChI=1S/C13H19N3O3/c1-9(2)7-16-6-5-14-10(11(16)17)15-8-13(3-4-13)12(18)19/h5-6,9H,3-4,7-8H2,1-2H3,(H,14,15)(H,18,19). The molecule has 1 aromatic rings. The second-order valence-corrected chi connectivity index (χ2v) is 5.57. The topological polar surface area (TPSA) is 84.2 Å². The minimum absolute atomic E-state index is 0.197. The van der Waals surface area contributed by atoms with Crippen LogP contribution in [-0.2, 0) is 11.3 Å². The zero-order valence-corrected chi connectivity index (χ0v) is 11.2. The van der Waals surface area contributed by atoms with Crippen molar-refractivity contribution in [2.45, 2.75) is 33.2 Å². The summed E-state index contributed by atoms with van der Waals surface area (Å²) in [5, 5.41) is 12.0. The lowest BCUT2D eigenvalue weighted by Gasteiger charge is -2.13. The Kier molecular flexibility index (Phi) is 3.59. The summed E-state index contributed by atoms with van der Waals surface area (Å²) >= 11 is 0. The van der Waals surface area contributed by atoms with E-state index in [2.05, 4.69) is 10.3 Å². The van der Waals surface area contributed by atoms with Crippen molar-refractivity contribution < 1.29 is 9.90 Å². The molecule has 1 fully saturated rings. The number of carboxylic acid groups (broad SMARTS) is 1. The Morgan fingerprint density at radius 1 is 1.58 bits per heavy atom. The number of aliphatic carboxylic acids is 1.